The van der Waals surface area contributed by atoms with E-state index in [1.807, 2.05) is 24.3 Å². The Hall–Kier alpha value is -3.02. The number of nitrogens with one attached hydrogen (secondary N) is 2. The quantitative estimate of drug-likeness (QED) is 0.519. The smallest absolute Gasteiger partial charge is 0.221 e. The maximum Gasteiger partial charge on any atom is 0.221 e. The van der Waals surface area contributed by atoms with Crippen molar-refractivity contribution in [1.82, 2.24) is 0 Å². The summed E-state index contributed by atoms with van der Waals surface area (Å²) in [6, 6.07) is 11.4. The van der Waals surface area contributed by atoms with E-state index in [1.54, 1.807) is 0 Å². The summed E-state index contributed by atoms with van der Waals surface area (Å²) in [5.74, 6) is 1.05. The molecule has 6 rings (SSSR count). The van der Waals surface area contributed by atoms with Crippen LogP contribution >= 0.6 is 0 Å². The Morgan fingerprint density at radius 3 is 1.53 bits per heavy atom. The van der Waals surface area contributed by atoms with E-state index in [2.05, 4.69) is 22.8 Å². The van der Waals surface area contributed by atoms with Crippen molar-refractivity contribution < 1.29 is 19.8 Å². The number of aromatic hydroxyl groups is 2. The molecule has 2 aromatic rings. The molecule has 32 heavy (non-hydrogen) atoms. The zero-order valence-corrected chi connectivity index (χ0v) is 18.6. The molecule has 0 atom stereocenters. The number of anilines is 2. The second kappa shape index (κ2) is 7.26. The van der Waals surface area contributed by atoms with Crippen LogP contribution in [0.3, 0.4) is 0 Å². The molecular weight excluding hydrogens is 404 g/mol. The first-order valence-electron chi connectivity index (χ1n) is 11.4. The molecule has 4 aliphatic carbocycles. The normalized spacial score (nSPS) is 30.2. The molecule has 168 valence electrons. The number of hydrogen-bond acceptors (Lipinski definition) is 4. The van der Waals surface area contributed by atoms with Gasteiger partial charge in [0.2, 0.25) is 11.8 Å². The number of phenols is 2. The maximum atomic E-state index is 11.4. The van der Waals surface area contributed by atoms with Crippen LogP contribution in [0.15, 0.2) is 36.4 Å². The third-order valence-corrected chi connectivity index (χ3v) is 7.90. The van der Waals surface area contributed by atoms with Crippen molar-refractivity contribution in [2.75, 3.05) is 10.6 Å². The zero-order chi connectivity index (χ0) is 22.7. The van der Waals surface area contributed by atoms with Crippen molar-refractivity contribution in [3.8, 4) is 11.5 Å². The monoisotopic (exact) mass is 434 g/mol. The van der Waals surface area contributed by atoms with E-state index in [4.69, 9.17) is 0 Å². The highest BCUT2D eigenvalue weighted by Gasteiger charge is 2.58. The number of phenolic OH excluding ortho intramolecular Hbond substituents is 2. The van der Waals surface area contributed by atoms with E-state index in [0.29, 0.717) is 23.2 Å². The summed E-state index contributed by atoms with van der Waals surface area (Å²) >= 11 is 0. The van der Waals surface area contributed by atoms with Gasteiger partial charge in [0.1, 0.15) is 11.5 Å². The second-order valence-corrected chi connectivity index (χ2v) is 10.3. The Kier molecular flexibility index (Phi) is 4.73. The minimum absolute atomic E-state index is 0.0117. The van der Waals surface area contributed by atoms with Crippen LogP contribution in [0.2, 0.25) is 0 Å². The van der Waals surface area contributed by atoms with Gasteiger partial charge in [-0.15, -0.1) is 0 Å². The molecule has 2 aromatic carbocycles. The molecule has 0 saturated heterocycles. The summed E-state index contributed by atoms with van der Waals surface area (Å²) in [5, 5.41) is 26.5. The molecule has 0 unspecified atom stereocenters. The van der Waals surface area contributed by atoms with Gasteiger partial charge in [0.15, 0.2) is 0 Å². The van der Waals surface area contributed by atoms with Crippen LogP contribution in [-0.4, -0.2) is 22.0 Å². The first kappa shape index (κ1) is 20.9. The maximum absolute atomic E-state index is 11.4. The van der Waals surface area contributed by atoms with Crippen molar-refractivity contribution >= 4 is 23.2 Å². The third-order valence-electron chi connectivity index (χ3n) is 7.90. The number of hydrogen-bond donors (Lipinski definition) is 4. The molecule has 4 bridgehead atoms. The molecule has 4 fully saturated rings. The largest absolute Gasteiger partial charge is 0.506 e. The molecule has 0 radical (unpaired) electrons. The lowest BCUT2D eigenvalue weighted by Gasteiger charge is -2.62. The van der Waals surface area contributed by atoms with Gasteiger partial charge in [0.05, 0.1) is 11.4 Å². The first-order chi connectivity index (χ1) is 15.2. The minimum atomic E-state index is -0.204. The standard InChI is InChI=1S/C26H30N2O4/c1-15(29)27-21-5-3-19(8-23(21)31)25-10-17-7-18(11-25)13-26(12-17,14-25)20-4-6-22(24(32)9-20)28-16(2)30/h3-6,8-9,17-18,31-32H,7,10-14H2,1-2H3,(H,27,29)(H,28,30). The SMILES string of the molecule is CC(=O)Nc1ccc(C23CC4CC(C2)CC(c2ccc(NC(C)=O)c(O)c2)(C4)C3)cc1O. The van der Waals surface area contributed by atoms with E-state index < -0.39 is 0 Å². The molecule has 0 spiro atoms. The molecule has 4 saturated carbocycles. The molecule has 4 aliphatic rings. The molecule has 0 heterocycles. The molecule has 2 amide bonds. The van der Waals surface area contributed by atoms with Crippen LogP contribution in [0.5, 0.6) is 11.5 Å². The summed E-state index contributed by atoms with van der Waals surface area (Å²) < 4.78 is 0. The Balaban J connectivity index is 1.51. The van der Waals surface area contributed by atoms with Crippen molar-refractivity contribution in [2.45, 2.75) is 63.2 Å². The van der Waals surface area contributed by atoms with Gasteiger partial charge >= 0.3 is 0 Å². The predicted octanol–water partition coefficient (Wildman–Crippen LogP) is 4.80. The van der Waals surface area contributed by atoms with Gasteiger partial charge < -0.3 is 20.8 Å². The molecule has 0 aliphatic heterocycles. The van der Waals surface area contributed by atoms with Crippen LogP contribution in [-0.2, 0) is 20.4 Å². The average molecular weight is 435 g/mol. The Morgan fingerprint density at radius 1 is 0.781 bits per heavy atom. The van der Waals surface area contributed by atoms with Gasteiger partial charge in [0, 0.05) is 13.8 Å². The topological polar surface area (TPSA) is 98.7 Å². The average Bonchev–Trinajstić information content (AvgIpc) is 2.69. The summed E-state index contributed by atoms with van der Waals surface area (Å²) in [7, 11) is 0. The Morgan fingerprint density at radius 2 is 1.19 bits per heavy atom. The van der Waals surface area contributed by atoms with E-state index >= 15 is 0 Å². The minimum Gasteiger partial charge on any atom is -0.506 e. The van der Waals surface area contributed by atoms with E-state index in [-0.39, 0.29) is 34.1 Å². The Labute approximate surface area is 188 Å². The highest BCUT2D eigenvalue weighted by atomic mass is 16.3. The molecule has 6 heteroatoms. The van der Waals surface area contributed by atoms with Crippen LogP contribution in [0.1, 0.15) is 63.5 Å². The number of benzene rings is 2. The van der Waals surface area contributed by atoms with Crippen molar-refractivity contribution in [1.29, 1.82) is 0 Å². The number of rotatable bonds is 4. The second-order valence-electron chi connectivity index (χ2n) is 10.3. The Bertz CT molecular complexity index is 1010. The number of carbonyl (C=O) groups excluding carboxylic acids is 2. The summed E-state index contributed by atoms with van der Waals surface area (Å²) in [6.07, 6.45) is 6.67. The first-order valence-corrected chi connectivity index (χ1v) is 11.4. The van der Waals surface area contributed by atoms with Gasteiger partial charge in [-0.05, 0) is 96.6 Å². The lowest BCUT2D eigenvalue weighted by molar-refractivity contribution is -0.115. The van der Waals surface area contributed by atoms with Crippen molar-refractivity contribution in [2.24, 2.45) is 11.8 Å². The summed E-state index contributed by atoms with van der Waals surface area (Å²) in [6.45, 7) is 2.87. The fraction of sp³-hybridized carbons (Fsp3) is 0.462. The fourth-order valence-corrected chi connectivity index (χ4v) is 7.25. The molecule has 0 aromatic heterocycles. The van der Waals surface area contributed by atoms with Crippen molar-refractivity contribution in [3.05, 3.63) is 47.5 Å². The van der Waals surface area contributed by atoms with Gasteiger partial charge in [0.25, 0.3) is 0 Å². The lowest BCUT2D eigenvalue weighted by Crippen LogP contribution is -2.55. The fourth-order valence-electron chi connectivity index (χ4n) is 7.25. The van der Waals surface area contributed by atoms with Gasteiger partial charge in [-0.1, -0.05) is 12.1 Å². The van der Waals surface area contributed by atoms with E-state index in [9.17, 15) is 19.8 Å². The molecule has 4 N–H and O–H groups in total. The van der Waals surface area contributed by atoms with E-state index in [1.165, 1.54) is 20.3 Å². The van der Waals surface area contributed by atoms with Gasteiger partial charge in [-0.3, -0.25) is 9.59 Å². The van der Waals surface area contributed by atoms with Crippen LogP contribution < -0.4 is 10.6 Å². The summed E-state index contributed by atoms with van der Waals surface area (Å²) in [4.78, 5) is 22.8. The lowest BCUT2D eigenvalue weighted by atomic mass is 9.41. The molecular formula is C26H30N2O4. The van der Waals surface area contributed by atoms with Gasteiger partial charge in [-0.25, -0.2) is 0 Å². The highest BCUT2D eigenvalue weighted by molar-refractivity contribution is 5.91. The summed E-state index contributed by atoms with van der Waals surface area (Å²) in [5.41, 5.74) is 3.14. The van der Waals surface area contributed by atoms with E-state index in [0.717, 1.165) is 43.2 Å². The van der Waals surface area contributed by atoms with Crippen LogP contribution in [0.25, 0.3) is 0 Å². The molecule has 6 nitrogen and oxygen atoms in total. The predicted molar refractivity (Wildman–Crippen MR) is 123 cm³/mol. The number of amides is 2. The van der Waals surface area contributed by atoms with Crippen molar-refractivity contribution in [3.63, 3.8) is 0 Å². The van der Waals surface area contributed by atoms with Gasteiger partial charge in [-0.2, -0.15) is 0 Å². The van der Waals surface area contributed by atoms with Crippen LogP contribution in [0.4, 0.5) is 11.4 Å². The zero-order valence-electron chi connectivity index (χ0n) is 18.6. The number of carbonyl (C=O) groups is 2. The van der Waals surface area contributed by atoms with Crippen LogP contribution in [0, 0.1) is 11.8 Å². The third kappa shape index (κ3) is 3.42. The highest BCUT2D eigenvalue weighted by Crippen LogP contribution is 2.66.